The summed E-state index contributed by atoms with van der Waals surface area (Å²) in [5.41, 5.74) is -2.26. The van der Waals surface area contributed by atoms with Crippen LogP contribution in [0.25, 0.3) is 21.8 Å². The number of anilines is 1. The molecule has 0 radical (unpaired) electrons. The zero-order valence-electron chi connectivity index (χ0n) is 13.5. The predicted octanol–water partition coefficient (Wildman–Crippen LogP) is 5.22. The Kier molecular flexibility index (Phi) is 5.85. The highest BCUT2D eigenvalue weighted by Gasteiger charge is 2.37. The highest BCUT2D eigenvalue weighted by atomic mass is 35.5. The van der Waals surface area contributed by atoms with Crippen LogP contribution < -0.4 is 4.72 Å². The van der Waals surface area contributed by atoms with Gasteiger partial charge in [-0.15, -0.1) is 11.3 Å². The minimum Gasteiger partial charge on any atom is -0.392 e. The number of halogens is 4. The molecule has 0 saturated heterocycles. The van der Waals surface area contributed by atoms with Crippen molar-refractivity contribution in [3.8, 4) is 21.8 Å². The summed E-state index contributed by atoms with van der Waals surface area (Å²) < 4.78 is 50.1. The van der Waals surface area contributed by atoms with Crippen LogP contribution in [0.1, 0.15) is 5.56 Å². The van der Waals surface area contributed by atoms with Gasteiger partial charge in [0.2, 0.25) is 11.0 Å². The minimum atomic E-state index is -4.87. The van der Waals surface area contributed by atoms with Gasteiger partial charge in [0.1, 0.15) is 5.01 Å². The molecule has 0 aliphatic rings. The minimum absolute atomic E-state index is 0.0134. The average Bonchev–Trinajstić information content (AvgIpc) is 3.10. The number of aromatic nitrogens is 1. The second-order valence-corrected chi connectivity index (χ2v) is 7.83. The Bertz CT molecular complexity index is 992. The van der Waals surface area contributed by atoms with Crippen LogP contribution in [0.3, 0.4) is 0 Å². The summed E-state index contributed by atoms with van der Waals surface area (Å²) in [5, 5.41) is 12.1. The molecule has 0 fully saturated rings. The van der Waals surface area contributed by atoms with Crippen molar-refractivity contribution in [1.29, 1.82) is 0 Å². The second-order valence-electron chi connectivity index (χ2n) is 5.36. The monoisotopic (exact) mass is 432 g/mol. The molecule has 3 rings (SSSR count). The van der Waals surface area contributed by atoms with E-state index in [4.69, 9.17) is 11.6 Å². The van der Waals surface area contributed by atoms with Crippen molar-refractivity contribution >= 4 is 39.6 Å². The molecule has 1 aromatic heterocycles. The lowest BCUT2D eigenvalue weighted by Crippen LogP contribution is -2.22. The molecule has 142 valence electrons. The molecule has 27 heavy (non-hydrogen) atoms. The van der Waals surface area contributed by atoms with Crippen molar-refractivity contribution in [2.45, 2.75) is 12.1 Å². The molecule has 0 aliphatic carbocycles. The Hall–Kier alpha value is -1.94. The van der Waals surface area contributed by atoms with Crippen LogP contribution in [0.2, 0.25) is 5.02 Å². The number of aliphatic hydroxyl groups is 1. The largest absolute Gasteiger partial charge is 0.490 e. The average molecular weight is 433 g/mol. The third-order valence-corrected chi connectivity index (χ3v) is 5.62. The quantitative estimate of drug-likeness (QED) is 0.581. The van der Waals surface area contributed by atoms with E-state index in [-0.39, 0.29) is 17.3 Å². The fourth-order valence-corrected chi connectivity index (χ4v) is 3.95. The molecule has 1 heterocycles. The SMILES string of the molecule is O=S(Nc1ccc(-c2csc(-c3ccccc3CO)n2)c(Cl)c1)C(F)(F)F. The van der Waals surface area contributed by atoms with Crippen LogP contribution in [0.4, 0.5) is 18.9 Å². The molecular weight excluding hydrogens is 421 g/mol. The van der Waals surface area contributed by atoms with Crippen LogP contribution in [0.5, 0.6) is 0 Å². The number of benzene rings is 2. The Morgan fingerprint density at radius 3 is 2.59 bits per heavy atom. The van der Waals surface area contributed by atoms with Crippen LogP contribution in [-0.4, -0.2) is 19.8 Å². The van der Waals surface area contributed by atoms with E-state index in [1.165, 1.54) is 29.5 Å². The second kappa shape index (κ2) is 7.97. The third-order valence-electron chi connectivity index (χ3n) is 3.59. The summed E-state index contributed by atoms with van der Waals surface area (Å²) in [4.78, 5) is 4.51. The number of alkyl halides is 3. The van der Waals surface area contributed by atoms with Gasteiger partial charge in [0, 0.05) is 22.2 Å². The van der Waals surface area contributed by atoms with Crippen molar-refractivity contribution in [2.75, 3.05) is 4.72 Å². The standard InChI is InChI=1S/C17H12ClF3N2O2S2/c18-14-7-11(23-27(25)17(19,20)21)5-6-13(14)15-9-26-16(22-15)12-4-2-1-3-10(12)8-24/h1-7,9,23-24H,8H2. The molecule has 2 aromatic carbocycles. The highest BCUT2D eigenvalue weighted by molar-refractivity contribution is 7.87. The maximum atomic E-state index is 12.4. The molecule has 0 bridgehead atoms. The van der Waals surface area contributed by atoms with Gasteiger partial charge in [0.05, 0.1) is 17.3 Å². The smallest absolute Gasteiger partial charge is 0.392 e. The van der Waals surface area contributed by atoms with E-state index < -0.39 is 16.5 Å². The van der Waals surface area contributed by atoms with Crippen LogP contribution in [0, 0.1) is 0 Å². The molecule has 0 aliphatic heterocycles. The molecule has 10 heteroatoms. The summed E-state index contributed by atoms with van der Waals surface area (Å²) in [7, 11) is -3.22. The Balaban J connectivity index is 1.88. The number of aliphatic hydroxyl groups excluding tert-OH is 1. The lowest BCUT2D eigenvalue weighted by atomic mass is 10.1. The molecule has 0 amide bonds. The van der Waals surface area contributed by atoms with Gasteiger partial charge in [-0.05, 0) is 23.8 Å². The van der Waals surface area contributed by atoms with E-state index in [1.807, 2.05) is 22.9 Å². The fraction of sp³-hybridized carbons (Fsp3) is 0.118. The number of thiazole rings is 1. The molecule has 1 unspecified atom stereocenters. The number of rotatable bonds is 5. The maximum Gasteiger partial charge on any atom is 0.490 e. The number of nitrogens with one attached hydrogen (secondary N) is 1. The number of nitrogens with zero attached hydrogens (tertiary/aromatic N) is 1. The molecule has 2 N–H and O–H groups in total. The van der Waals surface area contributed by atoms with Gasteiger partial charge < -0.3 is 5.11 Å². The van der Waals surface area contributed by atoms with E-state index >= 15 is 0 Å². The molecule has 1 atom stereocenters. The van der Waals surface area contributed by atoms with E-state index in [0.29, 0.717) is 16.3 Å². The summed E-state index contributed by atoms with van der Waals surface area (Å²) in [6.45, 7) is -0.122. The molecular formula is C17H12ClF3N2O2S2. The summed E-state index contributed by atoms with van der Waals surface area (Å²) in [5.74, 6) is 0. The highest BCUT2D eigenvalue weighted by Crippen LogP contribution is 2.35. The van der Waals surface area contributed by atoms with Gasteiger partial charge in [0.15, 0.2) is 0 Å². The van der Waals surface area contributed by atoms with E-state index in [1.54, 1.807) is 11.4 Å². The van der Waals surface area contributed by atoms with E-state index in [2.05, 4.69) is 4.98 Å². The molecule has 0 spiro atoms. The van der Waals surface area contributed by atoms with Crippen molar-refractivity contribution < 1.29 is 22.5 Å². The van der Waals surface area contributed by atoms with Gasteiger partial charge in [-0.1, -0.05) is 35.9 Å². The zero-order chi connectivity index (χ0) is 19.6. The van der Waals surface area contributed by atoms with Crippen LogP contribution in [0.15, 0.2) is 47.8 Å². The number of hydrogen-bond donors (Lipinski definition) is 2. The van der Waals surface area contributed by atoms with Crippen molar-refractivity contribution in [3.05, 3.63) is 58.4 Å². The maximum absolute atomic E-state index is 12.4. The zero-order valence-corrected chi connectivity index (χ0v) is 15.8. The lowest BCUT2D eigenvalue weighted by Gasteiger charge is -2.10. The van der Waals surface area contributed by atoms with Gasteiger partial charge in [-0.25, -0.2) is 9.19 Å². The molecule has 3 aromatic rings. The van der Waals surface area contributed by atoms with Gasteiger partial charge in [0.25, 0.3) is 0 Å². The fourth-order valence-electron chi connectivity index (χ4n) is 2.34. The van der Waals surface area contributed by atoms with Crippen LogP contribution >= 0.6 is 22.9 Å². The van der Waals surface area contributed by atoms with E-state index in [0.717, 1.165) is 11.1 Å². The topological polar surface area (TPSA) is 62.2 Å². The first-order chi connectivity index (χ1) is 12.8. The van der Waals surface area contributed by atoms with Crippen molar-refractivity contribution in [3.63, 3.8) is 0 Å². The predicted molar refractivity (Wildman–Crippen MR) is 102 cm³/mol. The van der Waals surface area contributed by atoms with Gasteiger partial charge >= 0.3 is 5.51 Å². The first-order valence-electron chi connectivity index (χ1n) is 7.49. The van der Waals surface area contributed by atoms with Gasteiger partial charge in [-0.3, -0.25) is 4.72 Å². The third kappa shape index (κ3) is 4.49. The van der Waals surface area contributed by atoms with Crippen LogP contribution in [-0.2, 0) is 17.6 Å². The Morgan fingerprint density at radius 2 is 1.93 bits per heavy atom. The summed E-state index contributed by atoms with van der Waals surface area (Å²) >= 11 is 7.54. The first kappa shape index (κ1) is 19.8. The first-order valence-corrected chi connectivity index (χ1v) is 9.90. The van der Waals surface area contributed by atoms with Gasteiger partial charge in [-0.2, -0.15) is 13.2 Å². The normalized spacial score (nSPS) is 12.8. The summed E-state index contributed by atoms with van der Waals surface area (Å²) in [6.07, 6.45) is 0. The lowest BCUT2D eigenvalue weighted by molar-refractivity contribution is -0.0379. The molecule has 0 saturated carbocycles. The molecule has 4 nitrogen and oxygen atoms in total. The van der Waals surface area contributed by atoms with Crippen molar-refractivity contribution in [2.24, 2.45) is 0 Å². The van der Waals surface area contributed by atoms with E-state index in [9.17, 15) is 22.5 Å². The Morgan fingerprint density at radius 1 is 1.19 bits per heavy atom. The number of hydrogen-bond acceptors (Lipinski definition) is 4. The summed E-state index contributed by atoms with van der Waals surface area (Å²) in [6, 6.07) is 11.4. The Labute approximate surface area is 164 Å². The van der Waals surface area contributed by atoms with Crippen molar-refractivity contribution in [1.82, 2.24) is 4.98 Å².